The molecule has 2 aromatic rings. The molecule has 5 nitrogen and oxygen atoms in total. The van der Waals surface area contributed by atoms with Gasteiger partial charge in [0.05, 0.1) is 12.8 Å². The minimum Gasteiger partial charge on any atom is -0.466 e. The number of furan rings is 1. The van der Waals surface area contributed by atoms with Crippen molar-refractivity contribution in [3.05, 3.63) is 48.4 Å². The van der Waals surface area contributed by atoms with Gasteiger partial charge in [-0.15, -0.1) is 11.8 Å². The van der Waals surface area contributed by atoms with Crippen LogP contribution in [0.5, 0.6) is 0 Å². The van der Waals surface area contributed by atoms with Crippen LogP contribution < -0.4 is 10.6 Å². The highest BCUT2D eigenvalue weighted by atomic mass is 32.2. The van der Waals surface area contributed by atoms with Crippen molar-refractivity contribution in [3.63, 3.8) is 0 Å². The summed E-state index contributed by atoms with van der Waals surface area (Å²) in [6.07, 6.45) is 3.48. The maximum Gasteiger partial charge on any atom is 0.319 e. The van der Waals surface area contributed by atoms with Crippen molar-refractivity contribution in [2.24, 2.45) is 0 Å². The van der Waals surface area contributed by atoms with Crippen LogP contribution in [-0.4, -0.2) is 23.9 Å². The summed E-state index contributed by atoms with van der Waals surface area (Å²) < 4.78 is 5.15. The third-order valence-electron chi connectivity index (χ3n) is 2.99. The Balaban J connectivity index is 1.87. The van der Waals surface area contributed by atoms with Crippen molar-refractivity contribution in [2.45, 2.75) is 17.4 Å². The van der Waals surface area contributed by atoms with E-state index in [1.807, 2.05) is 30.5 Å². The molecule has 1 atom stereocenters. The Hall–Kier alpha value is -1.92. The molecule has 1 unspecified atom stereocenters. The Labute approximate surface area is 127 Å². The summed E-state index contributed by atoms with van der Waals surface area (Å²) in [6.45, 7) is 1.63. The minimum absolute atomic E-state index is 0.0508. The lowest BCUT2D eigenvalue weighted by molar-refractivity contribution is 0.0372. The van der Waals surface area contributed by atoms with Gasteiger partial charge in [-0.2, -0.15) is 0 Å². The molecule has 2 rings (SSSR count). The van der Waals surface area contributed by atoms with Crippen LogP contribution in [0.1, 0.15) is 12.7 Å². The second-order valence-corrected chi connectivity index (χ2v) is 5.67. The van der Waals surface area contributed by atoms with Crippen LogP contribution in [0.4, 0.5) is 10.5 Å². The maximum atomic E-state index is 11.8. The molecule has 0 aliphatic heterocycles. The highest BCUT2D eigenvalue weighted by Crippen LogP contribution is 2.20. The lowest BCUT2D eigenvalue weighted by Crippen LogP contribution is -2.40. The van der Waals surface area contributed by atoms with E-state index in [0.29, 0.717) is 11.4 Å². The van der Waals surface area contributed by atoms with Gasteiger partial charge in [-0.1, -0.05) is 0 Å². The predicted octanol–water partition coefficient (Wildman–Crippen LogP) is 3.03. The first-order chi connectivity index (χ1) is 10.0. The number of aliphatic hydroxyl groups is 1. The topological polar surface area (TPSA) is 74.5 Å². The molecule has 0 bridgehead atoms. The molecule has 0 spiro atoms. The van der Waals surface area contributed by atoms with E-state index in [9.17, 15) is 9.90 Å². The minimum atomic E-state index is -1.25. The smallest absolute Gasteiger partial charge is 0.319 e. The van der Waals surface area contributed by atoms with Gasteiger partial charge in [0, 0.05) is 10.6 Å². The molecule has 1 aromatic heterocycles. The number of nitrogens with one attached hydrogen (secondary N) is 2. The largest absolute Gasteiger partial charge is 0.466 e. The molecule has 2 amide bonds. The molecule has 0 saturated carbocycles. The molecule has 0 radical (unpaired) electrons. The van der Waals surface area contributed by atoms with Crippen molar-refractivity contribution in [1.29, 1.82) is 0 Å². The van der Waals surface area contributed by atoms with E-state index in [-0.39, 0.29) is 12.6 Å². The lowest BCUT2D eigenvalue weighted by Gasteiger charge is -2.21. The summed E-state index contributed by atoms with van der Waals surface area (Å²) in [4.78, 5) is 12.9. The van der Waals surface area contributed by atoms with Crippen LogP contribution in [0, 0.1) is 0 Å². The monoisotopic (exact) mass is 306 g/mol. The first-order valence-corrected chi connectivity index (χ1v) is 7.69. The second kappa shape index (κ2) is 6.69. The third kappa shape index (κ3) is 4.27. The zero-order chi connectivity index (χ0) is 15.3. The summed E-state index contributed by atoms with van der Waals surface area (Å²) in [6, 6.07) is 10.5. The number of amides is 2. The maximum absolute atomic E-state index is 11.8. The van der Waals surface area contributed by atoms with Crippen molar-refractivity contribution < 1.29 is 14.3 Å². The fourth-order valence-electron chi connectivity index (χ4n) is 1.77. The standard InChI is InChI=1S/C15H18N2O3S/c1-15(19,13-4-3-9-20-13)10-16-14(18)17-11-5-7-12(21-2)8-6-11/h3-9,19H,10H2,1-2H3,(H2,16,17,18). The molecule has 0 fully saturated rings. The molecular formula is C15H18N2O3S. The van der Waals surface area contributed by atoms with Crippen molar-refractivity contribution in [1.82, 2.24) is 5.32 Å². The summed E-state index contributed by atoms with van der Waals surface area (Å²) >= 11 is 1.64. The lowest BCUT2D eigenvalue weighted by atomic mass is 10.0. The Bertz CT molecular complexity index is 579. The van der Waals surface area contributed by atoms with Crippen molar-refractivity contribution in [3.8, 4) is 0 Å². The van der Waals surface area contributed by atoms with Gasteiger partial charge < -0.3 is 20.2 Å². The number of hydrogen-bond acceptors (Lipinski definition) is 4. The Morgan fingerprint density at radius 3 is 2.62 bits per heavy atom. The van der Waals surface area contributed by atoms with Crippen molar-refractivity contribution in [2.75, 3.05) is 18.1 Å². The van der Waals surface area contributed by atoms with E-state index in [4.69, 9.17) is 4.42 Å². The average molecular weight is 306 g/mol. The van der Waals surface area contributed by atoms with Gasteiger partial charge in [0.1, 0.15) is 11.4 Å². The number of carbonyl (C=O) groups excluding carboxylic acids is 1. The van der Waals surface area contributed by atoms with E-state index >= 15 is 0 Å². The average Bonchev–Trinajstić information content (AvgIpc) is 3.01. The van der Waals surface area contributed by atoms with Gasteiger partial charge in [0.2, 0.25) is 0 Å². The molecule has 0 aliphatic rings. The molecule has 0 saturated heterocycles. The van der Waals surface area contributed by atoms with E-state index in [2.05, 4.69) is 10.6 Å². The Morgan fingerprint density at radius 2 is 2.05 bits per heavy atom. The summed E-state index contributed by atoms with van der Waals surface area (Å²) in [5, 5.41) is 15.6. The summed E-state index contributed by atoms with van der Waals surface area (Å²) in [5.74, 6) is 0.409. The predicted molar refractivity (Wildman–Crippen MR) is 83.5 cm³/mol. The van der Waals surface area contributed by atoms with Crippen LogP contribution in [-0.2, 0) is 5.60 Å². The van der Waals surface area contributed by atoms with Crippen LogP contribution in [0.15, 0.2) is 52.0 Å². The number of anilines is 1. The second-order valence-electron chi connectivity index (χ2n) is 4.79. The molecular weight excluding hydrogens is 288 g/mol. The fraction of sp³-hybridized carbons (Fsp3) is 0.267. The third-order valence-corrected chi connectivity index (χ3v) is 3.74. The zero-order valence-corrected chi connectivity index (χ0v) is 12.7. The van der Waals surface area contributed by atoms with Gasteiger partial charge in [0.15, 0.2) is 0 Å². The van der Waals surface area contributed by atoms with Crippen LogP contribution in [0.2, 0.25) is 0 Å². The quantitative estimate of drug-likeness (QED) is 0.742. The van der Waals surface area contributed by atoms with E-state index < -0.39 is 5.60 Å². The highest BCUT2D eigenvalue weighted by Gasteiger charge is 2.26. The number of hydrogen-bond donors (Lipinski definition) is 3. The van der Waals surface area contributed by atoms with Crippen LogP contribution in [0.3, 0.4) is 0 Å². The number of carbonyl (C=O) groups is 1. The van der Waals surface area contributed by atoms with Gasteiger partial charge in [-0.25, -0.2) is 4.79 Å². The van der Waals surface area contributed by atoms with Gasteiger partial charge >= 0.3 is 6.03 Å². The zero-order valence-electron chi connectivity index (χ0n) is 11.9. The molecule has 3 N–H and O–H groups in total. The molecule has 0 aliphatic carbocycles. The van der Waals surface area contributed by atoms with Crippen molar-refractivity contribution >= 4 is 23.5 Å². The van der Waals surface area contributed by atoms with E-state index in [1.54, 1.807) is 30.8 Å². The molecule has 1 aromatic carbocycles. The normalized spacial score (nSPS) is 13.5. The Kier molecular flexibility index (Phi) is 4.93. The Morgan fingerprint density at radius 1 is 1.33 bits per heavy atom. The van der Waals surface area contributed by atoms with E-state index in [0.717, 1.165) is 4.90 Å². The summed E-state index contributed by atoms with van der Waals surface area (Å²) in [5.41, 5.74) is -0.549. The van der Waals surface area contributed by atoms with Crippen LogP contribution >= 0.6 is 11.8 Å². The molecule has 21 heavy (non-hydrogen) atoms. The highest BCUT2D eigenvalue weighted by molar-refractivity contribution is 7.98. The number of urea groups is 1. The SMILES string of the molecule is CSc1ccc(NC(=O)NCC(C)(O)c2ccco2)cc1. The van der Waals surface area contributed by atoms with Gasteiger partial charge in [-0.05, 0) is 49.6 Å². The number of thioether (sulfide) groups is 1. The molecule has 112 valence electrons. The molecule has 1 heterocycles. The summed E-state index contributed by atoms with van der Waals surface area (Å²) in [7, 11) is 0. The fourth-order valence-corrected chi connectivity index (χ4v) is 2.18. The number of rotatable bonds is 5. The first-order valence-electron chi connectivity index (χ1n) is 6.46. The van der Waals surface area contributed by atoms with E-state index in [1.165, 1.54) is 6.26 Å². The van der Waals surface area contributed by atoms with Crippen LogP contribution in [0.25, 0.3) is 0 Å². The number of benzene rings is 1. The van der Waals surface area contributed by atoms with Gasteiger partial charge in [0.25, 0.3) is 0 Å². The molecule has 6 heteroatoms. The van der Waals surface area contributed by atoms with Gasteiger partial charge in [-0.3, -0.25) is 0 Å². The first kappa shape index (κ1) is 15.5.